The summed E-state index contributed by atoms with van der Waals surface area (Å²) in [6.45, 7) is -1.84. The van der Waals surface area contributed by atoms with E-state index in [1.54, 1.807) is 0 Å². The molecule has 2 aliphatic rings. The normalized spacial score (nSPS) is 21.4. The molecule has 0 aliphatic carbocycles. The molecule has 0 saturated heterocycles. The Balaban J connectivity index is 2.05. The molecule has 2 N–H and O–H groups in total. The molecule has 3 amide bonds. The molecule has 2 aromatic carbocycles. The molecule has 1 atom stereocenters. The third-order valence-electron chi connectivity index (χ3n) is 4.94. The van der Waals surface area contributed by atoms with Crippen molar-refractivity contribution in [2.75, 3.05) is 26.3 Å². The van der Waals surface area contributed by atoms with Crippen LogP contribution in [0.4, 0.5) is 0 Å². The zero-order valence-corrected chi connectivity index (χ0v) is 14.0. The lowest BCUT2D eigenvalue weighted by molar-refractivity contribution is -0.596. The molecule has 1 unspecified atom stereocenters. The van der Waals surface area contributed by atoms with E-state index in [1.807, 2.05) is 0 Å². The van der Waals surface area contributed by atoms with Gasteiger partial charge in [0.15, 0.2) is 0 Å². The van der Waals surface area contributed by atoms with Crippen LogP contribution < -0.4 is 10.2 Å². The second-order valence-corrected chi connectivity index (χ2v) is 6.33. The number of benzene rings is 2. The van der Waals surface area contributed by atoms with Gasteiger partial charge in [-0.1, -0.05) is 6.07 Å². The van der Waals surface area contributed by atoms with E-state index in [1.165, 1.54) is 24.3 Å². The minimum absolute atomic E-state index is 0.0464. The van der Waals surface area contributed by atoms with Crippen LogP contribution in [-0.2, 0) is 5.91 Å². The molecule has 140 valence electrons. The van der Waals surface area contributed by atoms with Gasteiger partial charge in [-0.05, 0) is 23.8 Å². The standard InChI is InChI=1S/C18H14N2O7/c21-7-5-19-15(23)9-1-2-11-14-12(4-3-10(13(9)14)16(19)24)18(26,27)20(6-8-22)17(11)25/h1-4,22,26H,5-8H2/q-2. The molecule has 2 aliphatic heterocycles. The molecule has 0 fully saturated rings. The van der Waals surface area contributed by atoms with E-state index in [-0.39, 0.29) is 46.1 Å². The first-order valence-electron chi connectivity index (χ1n) is 8.24. The summed E-state index contributed by atoms with van der Waals surface area (Å²) in [5.41, 5.74) is 0.0391. The molecule has 9 heteroatoms. The fraction of sp³-hybridized carbons (Fsp3) is 0.278. The van der Waals surface area contributed by atoms with Gasteiger partial charge in [0.25, 0.3) is 17.7 Å². The Morgan fingerprint density at radius 3 is 2.00 bits per heavy atom. The second kappa shape index (κ2) is 5.83. The van der Waals surface area contributed by atoms with E-state index in [2.05, 4.69) is 0 Å². The van der Waals surface area contributed by atoms with Crippen LogP contribution >= 0.6 is 0 Å². The third-order valence-corrected chi connectivity index (χ3v) is 4.94. The first-order valence-corrected chi connectivity index (χ1v) is 8.24. The molecule has 4 rings (SSSR count). The second-order valence-electron chi connectivity index (χ2n) is 6.33. The Hall–Kier alpha value is -2.85. The van der Waals surface area contributed by atoms with Gasteiger partial charge in [-0.2, -0.15) is 0 Å². The Labute approximate surface area is 152 Å². The maximum absolute atomic E-state index is 12.9. The number of rotatable bonds is 4. The van der Waals surface area contributed by atoms with Gasteiger partial charge >= 0.3 is 0 Å². The van der Waals surface area contributed by atoms with Crippen LogP contribution in [0.2, 0.25) is 0 Å². The van der Waals surface area contributed by atoms with Gasteiger partial charge in [0.1, 0.15) is 0 Å². The largest absolute Gasteiger partial charge is 0.853 e. The lowest BCUT2D eigenvalue weighted by atomic mass is 9.84. The average Bonchev–Trinajstić information content (AvgIpc) is 2.65. The summed E-state index contributed by atoms with van der Waals surface area (Å²) in [6, 6.07) is 5.24. The van der Waals surface area contributed by atoms with E-state index in [0.29, 0.717) is 4.90 Å². The number of β-amino-alcohol motifs (C(OH)–C–C–N with tert-alkyl or cyclic N) is 1. The summed E-state index contributed by atoms with van der Waals surface area (Å²) in [4.78, 5) is 39.4. The van der Waals surface area contributed by atoms with Gasteiger partial charge < -0.3 is 25.3 Å². The topological polar surface area (TPSA) is 144 Å². The predicted molar refractivity (Wildman–Crippen MR) is 86.2 cm³/mol. The highest BCUT2D eigenvalue weighted by molar-refractivity contribution is 6.28. The molecular weight excluding hydrogens is 356 g/mol. The van der Waals surface area contributed by atoms with Crippen molar-refractivity contribution in [1.29, 1.82) is 0 Å². The number of carbonyl (C=O) groups excluding carboxylic acids is 3. The van der Waals surface area contributed by atoms with Gasteiger partial charge in [-0.25, -0.2) is 0 Å². The fourth-order valence-corrected chi connectivity index (χ4v) is 3.76. The highest BCUT2D eigenvalue weighted by atomic mass is 16.5. The van der Waals surface area contributed by atoms with Crippen LogP contribution in [0.3, 0.4) is 0 Å². The number of carbonyl (C=O) groups is 3. The predicted octanol–water partition coefficient (Wildman–Crippen LogP) is -2.29. The van der Waals surface area contributed by atoms with Crippen molar-refractivity contribution in [3.8, 4) is 0 Å². The summed E-state index contributed by atoms with van der Waals surface area (Å²) in [5.74, 6) is -5.14. The Bertz CT molecular complexity index is 992. The van der Waals surface area contributed by atoms with E-state index < -0.39 is 36.8 Å². The first kappa shape index (κ1) is 17.6. The number of imide groups is 1. The van der Waals surface area contributed by atoms with Gasteiger partial charge in [-0.3, -0.25) is 19.3 Å². The highest BCUT2D eigenvalue weighted by Gasteiger charge is 2.41. The van der Waals surface area contributed by atoms with E-state index in [0.717, 1.165) is 4.90 Å². The fourth-order valence-electron chi connectivity index (χ4n) is 3.76. The molecule has 2 aromatic rings. The summed E-state index contributed by atoms with van der Waals surface area (Å²) < 4.78 is 0. The molecule has 0 aromatic heterocycles. The maximum Gasteiger partial charge on any atom is 0.261 e. The number of nitrogens with zero attached hydrogens (tertiary/aromatic N) is 2. The molecular formula is C18H14N2O7-2. The minimum Gasteiger partial charge on any atom is -0.853 e. The van der Waals surface area contributed by atoms with Crippen molar-refractivity contribution >= 4 is 28.5 Å². The lowest BCUT2D eigenvalue weighted by Crippen LogP contribution is -2.61. The van der Waals surface area contributed by atoms with Crippen LogP contribution in [0, 0.1) is 0 Å². The average molecular weight is 370 g/mol. The van der Waals surface area contributed by atoms with Crippen LogP contribution in [0.1, 0.15) is 36.6 Å². The molecule has 0 radical (unpaired) electrons. The molecule has 9 nitrogen and oxygen atoms in total. The zero-order chi connectivity index (χ0) is 19.5. The Kier molecular flexibility index (Phi) is 3.79. The van der Waals surface area contributed by atoms with Crippen LogP contribution in [-0.4, -0.2) is 64.0 Å². The third kappa shape index (κ3) is 2.17. The number of hydrogen-bond donors (Lipinski definition) is 2. The quantitative estimate of drug-likeness (QED) is 0.455. The summed E-state index contributed by atoms with van der Waals surface area (Å²) in [7, 11) is 0. The van der Waals surface area contributed by atoms with Crippen molar-refractivity contribution in [2.24, 2.45) is 0 Å². The highest BCUT2D eigenvalue weighted by Crippen LogP contribution is 2.41. The van der Waals surface area contributed by atoms with Crippen molar-refractivity contribution in [1.82, 2.24) is 9.80 Å². The van der Waals surface area contributed by atoms with E-state index in [4.69, 9.17) is 5.11 Å². The van der Waals surface area contributed by atoms with Gasteiger partial charge in [-0.15, -0.1) is 6.61 Å². The van der Waals surface area contributed by atoms with Crippen LogP contribution in [0.5, 0.6) is 0 Å². The summed E-state index contributed by atoms with van der Waals surface area (Å²) in [6.07, 6.45) is 0. The van der Waals surface area contributed by atoms with Crippen molar-refractivity contribution < 1.29 is 34.8 Å². The monoisotopic (exact) mass is 370 g/mol. The summed E-state index contributed by atoms with van der Waals surface area (Å²) in [5, 5.41) is 43.5. The Morgan fingerprint density at radius 1 is 0.889 bits per heavy atom. The molecule has 0 spiro atoms. The van der Waals surface area contributed by atoms with Crippen molar-refractivity contribution in [3.63, 3.8) is 0 Å². The Morgan fingerprint density at radius 2 is 1.44 bits per heavy atom. The van der Waals surface area contributed by atoms with Crippen LogP contribution in [0.15, 0.2) is 24.3 Å². The van der Waals surface area contributed by atoms with E-state index >= 15 is 0 Å². The number of aliphatic hydroxyl groups is 2. The smallest absolute Gasteiger partial charge is 0.261 e. The molecule has 0 bridgehead atoms. The lowest BCUT2D eigenvalue weighted by Gasteiger charge is -2.49. The van der Waals surface area contributed by atoms with Gasteiger partial charge in [0.05, 0.1) is 12.5 Å². The van der Waals surface area contributed by atoms with Crippen molar-refractivity contribution in [3.05, 3.63) is 46.5 Å². The summed E-state index contributed by atoms with van der Waals surface area (Å²) >= 11 is 0. The zero-order valence-electron chi connectivity index (χ0n) is 14.0. The van der Waals surface area contributed by atoms with Crippen molar-refractivity contribution in [2.45, 2.75) is 5.91 Å². The molecule has 2 heterocycles. The maximum atomic E-state index is 12.9. The van der Waals surface area contributed by atoms with E-state index in [9.17, 15) is 29.7 Å². The van der Waals surface area contributed by atoms with Gasteiger partial charge in [0.2, 0.25) is 0 Å². The SMILES string of the molecule is O=C1c2ccc3c4c(ccc(c24)C(=O)N1CC[O-])C([O-])(O)N(CCO)C3=O. The first-order chi connectivity index (χ1) is 12.8. The molecule has 27 heavy (non-hydrogen) atoms. The molecule has 0 saturated carbocycles. The van der Waals surface area contributed by atoms with Crippen LogP contribution in [0.25, 0.3) is 10.8 Å². The van der Waals surface area contributed by atoms with Gasteiger partial charge in [0, 0.05) is 40.6 Å². The number of hydrogen-bond acceptors (Lipinski definition) is 7. The number of aliphatic hydroxyl groups excluding tert-OH is 1. The minimum atomic E-state index is -2.96. The number of amides is 3.